The van der Waals surface area contributed by atoms with Gasteiger partial charge in [0.05, 0.1) is 24.5 Å². The molecule has 0 amide bonds. The molecule has 2 saturated heterocycles. The van der Waals surface area contributed by atoms with Crippen LogP contribution in [0.4, 0.5) is 5.82 Å². The summed E-state index contributed by atoms with van der Waals surface area (Å²) in [6, 6.07) is 10.8. The summed E-state index contributed by atoms with van der Waals surface area (Å²) >= 11 is 0. The van der Waals surface area contributed by atoms with E-state index in [-0.39, 0.29) is 0 Å². The molecule has 27 heavy (non-hydrogen) atoms. The van der Waals surface area contributed by atoms with Crippen molar-refractivity contribution in [1.29, 1.82) is 0 Å². The first kappa shape index (κ1) is 16.8. The fourth-order valence-corrected chi connectivity index (χ4v) is 4.40. The number of hydrogen-bond donors (Lipinski definition) is 0. The van der Waals surface area contributed by atoms with E-state index in [0.717, 1.165) is 56.4 Å². The SMILES string of the molecule is CN1CCN(Cc2ccco2)CC1c1cn2c(N3CCCC3)cccc2n1. The molecule has 0 aliphatic carbocycles. The van der Waals surface area contributed by atoms with Crippen LogP contribution >= 0.6 is 0 Å². The lowest BCUT2D eigenvalue weighted by Crippen LogP contribution is -2.46. The predicted molar refractivity (Wildman–Crippen MR) is 106 cm³/mol. The number of aromatic nitrogens is 2. The molecule has 0 N–H and O–H groups in total. The van der Waals surface area contributed by atoms with Crippen LogP contribution in [0.15, 0.2) is 47.2 Å². The third-order valence-corrected chi connectivity index (χ3v) is 5.95. The van der Waals surface area contributed by atoms with Gasteiger partial charge in [-0.25, -0.2) is 4.98 Å². The second kappa shape index (κ2) is 7.02. The number of furan rings is 1. The summed E-state index contributed by atoms with van der Waals surface area (Å²) < 4.78 is 7.82. The van der Waals surface area contributed by atoms with Crippen molar-refractivity contribution in [3.63, 3.8) is 0 Å². The lowest BCUT2D eigenvalue weighted by molar-refractivity contribution is 0.0836. The minimum atomic E-state index is 0.306. The molecule has 0 radical (unpaired) electrons. The van der Waals surface area contributed by atoms with Gasteiger partial charge in [0.25, 0.3) is 0 Å². The molecule has 2 fully saturated rings. The lowest BCUT2D eigenvalue weighted by Gasteiger charge is -2.38. The molecule has 3 aromatic heterocycles. The Morgan fingerprint density at radius 1 is 1.07 bits per heavy atom. The molecule has 0 spiro atoms. The van der Waals surface area contributed by atoms with Gasteiger partial charge in [-0.3, -0.25) is 14.2 Å². The van der Waals surface area contributed by atoms with Crippen molar-refractivity contribution in [2.24, 2.45) is 0 Å². The first-order valence-electron chi connectivity index (χ1n) is 9.96. The number of imidazole rings is 1. The molecule has 0 bridgehead atoms. The van der Waals surface area contributed by atoms with Crippen molar-refractivity contribution >= 4 is 11.5 Å². The fraction of sp³-hybridized carbons (Fsp3) is 0.476. The number of pyridine rings is 1. The summed E-state index contributed by atoms with van der Waals surface area (Å²) in [5.74, 6) is 2.30. The van der Waals surface area contributed by atoms with Gasteiger partial charge in [0.2, 0.25) is 0 Å². The van der Waals surface area contributed by atoms with Crippen molar-refractivity contribution in [2.45, 2.75) is 25.4 Å². The molecule has 1 atom stereocenters. The van der Waals surface area contributed by atoms with Crippen LogP contribution in [0.3, 0.4) is 0 Å². The van der Waals surface area contributed by atoms with Gasteiger partial charge in [0.1, 0.15) is 17.2 Å². The summed E-state index contributed by atoms with van der Waals surface area (Å²) in [4.78, 5) is 12.4. The maximum Gasteiger partial charge on any atom is 0.138 e. The summed E-state index contributed by atoms with van der Waals surface area (Å²) in [5.41, 5.74) is 2.21. The minimum Gasteiger partial charge on any atom is -0.468 e. The molecule has 2 aliphatic rings. The minimum absolute atomic E-state index is 0.306. The molecule has 142 valence electrons. The van der Waals surface area contributed by atoms with E-state index in [1.807, 2.05) is 6.07 Å². The number of rotatable bonds is 4. The smallest absolute Gasteiger partial charge is 0.138 e. The summed E-state index contributed by atoms with van der Waals surface area (Å²) in [6.45, 7) is 6.22. The number of piperazine rings is 1. The van der Waals surface area contributed by atoms with Gasteiger partial charge in [0, 0.05) is 38.9 Å². The Kier molecular flexibility index (Phi) is 4.38. The van der Waals surface area contributed by atoms with E-state index in [1.54, 1.807) is 6.26 Å². The highest BCUT2D eigenvalue weighted by Crippen LogP contribution is 2.28. The summed E-state index contributed by atoms with van der Waals surface area (Å²) in [6.07, 6.45) is 6.57. The van der Waals surface area contributed by atoms with Gasteiger partial charge < -0.3 is 9.32 Å². The van der Waals surface area contributed by atoms with Crippen LogP contribution in [0.1, 0.15) is 30.3 Å². The number of likely N-dealkylation sites (N-methyl/N-ethyl adjacent to an activating group) is 1. The van der Waals surface area contributed by atoms with Gasteiger partial charge in [-0.1, -0.05) is 6.07 Å². The van der Waals surface area contributed by atoms with Crippen molar-refractivity contribution in [3.8, 4) is 0 Å². The third kappa shape index (κ3) is 3.24. The van der Waals surface area contributed by atoms with Crippen LogP contribution in [-0.4, -0.2) is 59.0 Å². The molecule has 2 aliphatic heterocycles. The molecule has 6 nitrogen and oxygen atoms in total. The first-order valence-corrected chi connectivity index (χ1v) is 9.96. The Bertz CT molecular complexity index is 897. The topological polar surface area (TPSA) is 40.2 Å². The van der Waals surface area contributed by atoms with Crippen molar-refractivity contribution in [1.82, 2.24) is 19.2 Å². The largest absolute Gasteiger partial charge is 0.468 e. The molecule has 0 aromatic carbocycles. The number of anilines is 1. The van der Waals surface area contributed by atoms with Crippen LogP contribution in [0.25, 0.3) is 5.65 Å². The van der Waals surface area contributed by atoms with Crippen molar-refractivity contribution in [3.05, 3.63) is 54.2 Å². The van der Waals surface area contributed by atoms with Gasteiger partial charge in [-0.2, -0.15) is 0 Å². The fourth-order valence-electron chi connectivity index (χ4n) is 4.40. The van der Waals surface area contributed by atoms with E-state index in [9.17, 15) is 0 Å². The zero-order valence-corrected chi connectivity index (χ0v) is 15.9. The van der Waals surface area contributed by atoms with Crippen LogP contribution in [-0.2, 0) is 6.54 Å². The molecule has 5 heterocycles. The van der Waals surface area contributed by atoms with Gasteiger partial charge >= 0.3 is 0 Å². The van der Waals surface area contributed by atoms with Gasteiger partial charge in [0.15, 0.2) is 0 Å². The molecular formula is C21H27N5O. The maximum atomic E-state index is 5.54. The normalized spacial score (nSPS) is 22.1. The number of nitrogens with zero attached hydrogens (tertiary/aromatic N) is 5. The maximum absolute atomic E-state index is 5.54. The van der Waals surface area contributed by atoms with Crippen LogP contribution in [0, 0.1) is 0 Å². The van der Waals surface area contributed by atoms with Gasteiger partial charge in [-0.05, 0) is 44.2 Å². The molecular weight excluding hydrogens is 338 g/mol. The van der Waals surface area contributed by atoms with E-state index < -0.39 is 0 Å². The Morgan fingerprint density at radius 2 is 1.96 bits per heavy atom. The summed E-state index contributed by atoms with van der Waals surface area (Å²) in [7, 11) is 2.21. The molecule has 5 rings (SSSR count). The van der Waals surface area contributed by atoms with E-state index in [0.29, 0.717) is 6.04 Å². The lowest BCUT2D eigenvalue weighted by atomic mass is 10.1. The average Bonchev–Trinajstić information content (AvgIpc) is 3.44. The van der Waals surface area contributed by atoms with E-state index in [2.05, 4.69) is 56.6 Å². The van der Waals surface area contributed by atoms with E-state index >= 15 is 0 Å². The third-order valence-electron chi connectivity index (χ3n) is 5.95. The van der Waals surface area contributed by atoms with Crippen LogP contribution in [0.2, 0.25) is 0 Å². The molecule has 6 heteroatoms. The standard InChI is InChI=1S/C21H27N5O/c1-23-11-12-24(14-17-6-5-13-27-17)16-19(23)18-15-26-20(22-18)7-4-8-21(26)25-9-2-3-10-25/h4-8,13,15,19H,2-3,9-12,14,16H2,1H3. The Labute approximate surface area is 160 Å². The van der Waals surface area contributed by atoms with Crippen LogP contribution in [0.5, 0.6) is 0 Å². The highest BCUT2D eigenvalue weighted by atomic mass is 16.3. The first-order chi connectivity index (χ1) is 13.3. The number of hydrogen-bond acceptors (Lipinski definition) is 5. The van der Waals surface area contributed by atoms with Crippen molar-refractivity contribution in [2.75, 3.05) is 44.7 Å². The van der Waals surface area contributed by atoms with Crippen molar-refractivity contribution < 1.29 is 4.42 Å². The molecule has 3 aromatic rings. The predicted octanol–water partition coefficient (Wildman–Crippen LogP) is 3.02. The zero-order valence-electron chi connectivity index (χ0n) is 15.9. The second-order valence-corrected chi connectivity index (χ2v) is 7.78. The molecule has 1 unspecified atom stereocenters. The highest BCUT2D eigenvalue weighted by molar-refractivity contribution is 5.53. The van der Waals surface area contributed by atoms with Crippen LogP contribution < -0.4 is 4.90 Å². The monoisotopic (exact) mass is 365 g/mol. The Balaban J connectivity index is 1.42. The Morgan fingerprint density at radius 3 is 2.78 bits per heavy atom. The van der Waals surface area contributed by atoms with E-state index in [1.165, 1.54) is 18.7 Å². The average molecular weight is 365 g/mol. The number of fused-ring (bicyclic) bond motifs is 1. The Hall–Kier alpha value is -2.31. The summed E-state index contributed by atoms with van der Waals surface area (Å²) in [5, 5.41) is 0. The van der Waals surface area contributed by atoms with E-state index in [4.69, 9.17) is 9.40 Å². The highest BCUT2D eigenvalue weighted by Gasteiger charge is 2.28. The second-order valence-electron chi connectivity index (χ2n) is 7.78. The zero-order chi connectivity index (χ0) is 18.2. The molecule has 0 saturated carbocycles. The van der Waals surface area contributed by atoms with Gasteiger partial charge in [-0.15, -0.1) is 0 Å². The quantitative estimate of drug-likeness (QED) is 0.711.